The SMILES string of the molecule is COc1ccccc1-c1noc(Cn2cnc3ccc(Cl)cc3c2=O)n1. The van der Waals surface area contributed by atoms with E-state index in [0.29, 0.717) is 33.1 Å². The van der Waals surface area contributed by atoms with E-state index in [0.717, 1.165) is 0 Å². The molecule has 26 heavy (non-hydrogen) atoms. The number of halogens is 1. The number of para-hydroxylation sites is 1. The molecule has 0 saturated carbocycles. The lowest BCUT2D eigenvalue weighted by molar-refractivity contribution is 0.369. The van der Waals surface area contributed by atoms with Crippen LogP contribution in [-0.2, 0) is 6.54 Å². The normalized spacial score (nSPS) is 11.0. The molecule has 8 heteroatoms. The van der Waals surface area contributed by atoms with Crippen LogP contribution in [0.1, 0.15) is 5.89 Å². The molecule has 2 heterocycles. The fourth-order valence-electron chi connectivity index (χ4n) is 2.65. The van der Waals surface area contributed by atoms with Gasteiger partial charge in [0.15, 0.2) is 0 Å². The fourth-order valence-corrected chi connectivity index (χ4v) is 2.82. The van der Waals surface area contributed by atoms with Crippen LogP contribution in [0.5, 0.6) is 5.75 Å². The van der Waals surface area contributed by atoms with E-state index < -0.39 is 0 Å². The van der Waals surface area contributed by atoms with Gasteiger partial charge in [-0.2, -0.15) is 4.98 Å². The number of aromatic nitrogens is 4. The molecule has 0 N–H and O–H groups in total. The Hall–Kier alpha value is -3.19. The molecule has 0 radical (unpaired) electrons. The second-order valence-corrected chi connectivity index (χ2v) is 5.99. The molecule has 4 aromatic rings. The average molecular weight is 369 g/mol. The van der Waals surface area contributed by atoms with Crippen LogP contribution in [0.4, 0.5) is 0 Å². The minimum Gasteiger partial charge on any atom is -0.496 e. The standard InChI is InChI=1S/C18H13ClN4O3/c1-25-15-5-3-2-4-12(15)17-21-16(26-22-17)9-23-10-20-14-7-6-11(19)8-13(14)18(23)24/h2-8,10H,9H2,1H3. The lowest BCUT2D eigenvalue weighted by atomic mass is 10.2. The predicted octanol–water partition coefficient (Wildman–Crippen LogP) is 3.16. The Morgan fingerprint density at radius 2 is 2.08 bits per heavy atom. The molecular formula is C18H13ClN4O3. The van der Waals surface area contributed by atoms with Crippen molar-refractivity contribution < 1.29 is 9.26 Å². The molecule has 7 nitrogen and oxygen atoms in total. The first-order valence-electron chi connectivity index (χ1n) is 7.76. The number of ether oxygens (including phenoxy) is 1. The van der Waals surface area contributed by atoms with Crippen molar-refractivity contribution in [2.45, 2.75) is 6.54 Å². The maximum Gasteiger partial charge on any atom is 0.261 e. The van der Waals surface area contributed by atoms with Crippen molar-refractivity contribution >= 4 is 22.5 Å². The maximum atomic E-state index is 12.6. The summed E-state index contributed by atoms with van der Waals surface area (Å²) in [6.07, 6.45) is 1.45. The lowest BCUT2D eigenvalue weighted by Crippen LogP contribution is -2.21. The van der Waals surface area contributed by atoms with Crippen LogP contribution in [0.25, 0.3) is 22.3 Å². The van der Waals surface area contributed by atoms with Gasteiger partial charge in [-0.3, -0.25) is 9.36 Å². The predicted molar refractivity (Wildman–Crippen MR) is 96.4 cm³/mol. The number of nitrogens with zero attached hydrogens (tertiary/aromatic N) is 4. The third-order valence-electron chi connectivity index (χ3n) is 3.91. The van der Waals surface area contributed by atoms with E-state index in [2.05, 4.69) is 15.1 Å². The van der Waals surface area contributed by atoms with E-state index in [-0.39, 0.29) is 18.0 Å². The molecule has 0 aliphatic heterocycles. The summed E-state index contributed by atoms with van der Waals surface area (Å²) < 4.78 is 12.0. The minimum atomic E-state index is -0.227. The van der Waals surface area contributed by atoms with Gasteiger partial charge >= 0.3 is 0 Å². The molecule has 0 atom stereocenters. The highest BCUT2D eigenvalue weighted by atomic mass is 35.5. The number of fused-ring (bicyclic) bond motifs is 1. The molecule has 130 valence electrons. The number of hydrogen-bond donors (Lipinski definition) is 0. The Kier molecular flexibility index (Phi) is 4.14. The summed E-state index contributed by atoms with van der Waals surface area (Å²) in [5, 5.41) is 4.89. The maximum absolute atomic E-state index is 12.6. The second kappa shape index (κ2) is 6.61. The second-order valence-electron chi connectivity index (χ2n) is 5.55. The molecule has 0 aliphatic rings. The summed E-state index contributed by atoms with van der Waals surface area (Å²) in [5.41, 5.74) is 1.06. The van der Waals surface area contributed by atoms with Gasteiger partial charge in [-0.25, -0.2) is 4.98 Å². The first-order chi connectivity index (χ1) is 12.7. The zero-order valence-corrected chi connectivity index (χ0v) is 14.5. The Labute approximate surface area is 152 Å². The summed E-state index contributed by atoms with van der Waals surface area (Å²) >= 11 is 5.97. The molecule has 0 spiro atoms. The van der Waals surface area contributed by atoms with Crippen LogP contribution in [0.3, 0.4) is 0 Å². The van der Waals surface area contributed by atoms with Crippen LogP contribution in [0.15, 0.2) is 58.1 Å². The molecule has 4 rings (SSSR count). The van der Waals surface area contributed by atoms with Gasteiger partial charge in [-0.15, -0.1) is 0 Å². The smallest absolute Gasteiger partial charge is 0.261 e. The third-order valence-corrected chi connectivity index (χ3v) is 4.14. The van der Waals surface area contributed by atoms with E-state index in [9.17, 15) is 4.79 Å². The summed E-state index contributed by atoms with van der Waals surface area (Å²) in [4.78, 5) is 21.2. The molecular weight excluding hydrogens is 356 g/mol. The van der Waals surface area contributed by atoms with Gasteiger partial charge in [0.1, 0.15) is 12.3 Å². The van der Waals surface area contributed by atoms with Gasteiger partial charge in [-0.05, 0) is 30.3 Å². The van der Waals surface area contributed by atoms with Crippen LogP contribution < -0.4 is 10.3 Å². The van der Waals surface area contributed by atoms with Gasteiger partial charge < -0.3 is 9.26 Å². The zero-order chi connectivity index (χ0) is 18.1. The highest BCUT2D eigenvalue weighted by Gasteiger charge is 2.14. The lowest BCUT2D eigenvalue weighted by Gasteiger charge is -2.04. The highest BCUT2D eigenvalue weighted by molar-refractivity contribution is 6.31. The van der Waals surface area contributed by atoms with E-state index in [1.165, 1.54) is 10.9 Å². The molecule has 0 unspecified atom stereocenters. The molecule has 2 aromatic heterocycles. The molecule has 0 aliphatic carbocycles. The first-order valence-corrected chi connectivity index (χ1v) is 8.14. The number of hydrogen-bond acceptors (Lipinski definition) is 6. The number of rotatable bonds is 4. The van der Waals surface area contributed by atoms with Gasteiger partial charge in [-0.1, -0.05) is 28.9 Å². The Morgan fingerprint density at radius 1 is 1.23 bits per heavy atom. The van der Waals surface area contributed by atoms with Gasteiger partial charge in [0.25, 0.3) is 5.56 Å². The van der Waals surface area contributed by atoms with Gasteiger partial charge in [0, 0.05) is 5.02 Å². The monoisotopic (exact) mass is 368 g/mol. The molecule has 2 aromatic carbocycles. The van der Waals surface area contributed by atoms with Crippen molar-refractivity contribution in [2.75, 3.05) is 7.11 Å². The van der Waals surface area contributed by atoms with Crippen LogP contribution in [-0.4, -0.2) is 26.8 Å². The quantitative estimate of drug-likeness (QED) is 0.550. The molecule has 0 bridgehead atoms. The summed E-state index contributed by atoms with van der Waals surface area (Å²) in [5.74, 6) is 1.32. The van der Waals surface area contributed by atoms with Gasteiger partial charge in [0.05, 0.1) is 29.9 Å². The van der Waals surface area contributed by atoms with Crippen molar-refractivity contribution in [2.24, 2.45) is 0 Å². The first kappa shape index (κ1) is 16.3. The number of benzene rings is 2. The average Bonchev–Trinajstić information content (AvgIpc) is 3.13. The Morgan fingerprint density at radius 3 is 2.92 bits per heavy atom. The van der Waals surface area contributed by atoms with E-state index in [1.54, 1.807) is 25.3 Å². The van der Waals surface area contributed by atoms with Crippen molar-refractivity contribution in [3.05, 3.63) is 70.1 Å². The van der Waals surface area contributed by atoms with Gasteiger partial charge in [0.2, 0.25) is 11.7 Å². The Balaban J connectivity index is 1.69. The topological polar surface area (TPSA) is 83.0 Å². The molecule has 0 amide bonds. The molecule has 0 fully saturated rings. The minimum absolute atomic E-state index is 0.108. The largest absolute Gasteiger partial charge is 0.496 e. The van der Waals surface area contributed by atoms with Crippen molar-refractivity contribution in [3.8, 4) is 17.1 Å². The highest BCUT2D eigenvalue weighted by Crippen LogP contribution is 2.27. The van der Waals surface area contributed by atoms with Crippen LogP contribution in [0, 0.1) is 0 Å². The van der Waals surface area contributed by atoms with Crippen molar-refractivity contribution in [1.82, 2.24) is 19.7 Å². The zero-order valence-electron chi connectivity index (χ0n) is 13.7. The van der Waals surface area contributed by atoms with Crippen molar-refractivity contribution in [1.29, 1.82) is 0 Å². The summed E-state index contributed by atoms with van der Waals surface area (Å²) in [7, 11) is 1.57. The summed E-state index contributed by atoms with van der Waals surface area (Å²) in [6.45, 7) is 0.108. The van der Waals surface area contributed by atoms with Crippen molar-refractivity contribution in [3.63, 3.8) is 0 Å². The third kappa shape index (κ3) is 2.93. The Bertz CT molecular complexity index is 1150. The van der Waals surface area contributed by atoms with E-state index in [1.807, 2.05) is 24.3 Å². The molecule has 0 saturated heterocycles. The van der Waals surface area contributed by atoms with E-state index in [4.69, 9.17) is 20.9 Å². The number of methoxy groups -OCH3 is 1. The summed E-state index contributed by atoms with van der Waals surface area (Å²) in [6, 6.07) is 12.3. The fraction of sp³-hybridized carbons (Fsp3) is 0.111. The van der Waals surface area contributed by atoms with Crippen LogP contribution in [0.2, 0.25) is 5.02 Å². The van der Waals surface area contributed by atoms with E-state index >= 15 is 0 Å². The van der Waals surface area contributed by atoms with Crippen LogP contribution >= 0.6 is 11.6 Å².